The Morgan fingerprint density at radius 3 is 2.66 bits per heavy atom. The van der Waals surface area contributed by atoms with Gasteiger partial charge in [-0.3, -0.25) is 4.79 Å². The number of halogens is 1. The summed E-state index contributed by atoms with van der Waals surface area (Å²) in [4.78, 5) is 12.8. The van der Waals surface area contributed by atoms with Crippen LogP contribution in [0.3, 0.4) is 0 Å². The van der Waals surface area contributed by atoms with Crippen LogP contribution in [0.15, 0.2) is 24.3 Å². The molecule has 0 aliphatic heterocycles. The number of hydrogen-bond acceptors (Lipinski definition) is 3. The minimum Gasteiger partial charge on any atom is -0.387 e. The summed E-state index contributed by atoms with van der Waals surface area (Å²) in [6.45, 7) is 7.76. The molecule has 0 spiro atoms. The second-order valence-corrected chi connectivity index (χ2v) is 12.5. The molecular formula is C30H44FNO3. The summed E-state index contributed by atoms with van der Waals surface area (Å²) in [5.41, 5.74) is -0.250. The van der Waals surface area contributed by atoms with Gasteiger partial charge in [-0.25, -0.2) is 4.39 Å². The van der Waals surface area contributed by atoms with E-state index in [9.17, 15) is 14.3 Å². The third kappa shape index (κ3) is 4.56. The van der Waals surface area contributed by atoms with Crippen molar-refractivity contribution in [2.45, 2.75) is 90.2 Å². The second-order valence-electron chi connectivity index (χ2n) is 12.5. The molecule has 4 fully saturated rings. The molecule has 4 nitrogen and oxygen atoms in total. The van der Waals surface area contributed by atoms with Crippen molar-refractivity contribution in [3.05, 3.63) is 35.6 Å². The zero-order chi connectivity index (χ0) is 24.8. The van der Waals surface area contributed by atoms with Crippen LogP contribution in [0.25, 0.3) is 0 Å². The molecule has 1 aromatic carbocycles. The minimum atomic E-state index is -0.627. The highest BCUT2D eigenvalue weighted by Crippen LogP contribution is 2.65. The topological polar surface area (TPSA) is 58.6 Å². The van der Waals surface area contributed by atoms with Crippen molar-refractivity contribution < 1.29 is 19.0 Å². The SMILES string of the molecule is CCOC[C@@]1(O)CC[C@H]2[C@H](CC[C@@H]3[C@@H]2CC[C@]2(C)C([C@@H](C)NC(=O)c4ccccc4F)CC[C@@H]32)C1. The number of amides is 1. The zero-order valence-electron chi connectivity index (χ0n) is 21.8. The number of aliphatic hydroxyl groups is 1. The van der Waals surface area contributed by atoms with E-state index in [2.05, 4.69) is 19.2 Å². The van der Waals surface area contributed by atoms with Crippen LogP contribution >= 0.6 is 0 Å². The van der Waals surface area contributed by atoms with Gasteiger partial charge in [-0.2, -0.15) is 0 Å². The monoisotopic (exact) mass is 485 g/mol. The third-order valence-electron chi connectivity index (χ3n) is 10.8. The molecule has 5 rings (SSSR count). The quantitative estimate of drug-likeness (QED) is 0.521. The molecule has 0 aromatic heterocycles. The van der Waals surface area contributed by atoms with E-state index in [1.807, 2.05) is 6.92 Å². The normalized spacial score (nSPS) is 41.4. The van der Waals surface area contributed by atoms with Gasteiger partial charge in [0.05, 0.1) is 17.8 Å². The van der Waals surface area contributed by atoms with E-state index in [1.54, 1.807) is 18.2 Å². The van der Waals surface area contributed by atoms with Gasteiger partial charge in [0.25, 0.3) is 5.91 Å². The fourth-order valence-corrected chi connectivity index (χ4v) is 9.28. The van der Waals surface area contributed by atoms with Gasteiger partial charge in [0.2, 0.25) is 0 Å². The molecule has 0 radical (unpaired) electrons. The Balaban J connectivity index is 1.25. The lowest BCUT2D eigenvalue weighted by Gasteiger charge is -2.57. The molecule has 194 valence electrons. The summed E-state index contributed by atoms with van der Waals surface area (Å²) in [5, 5.41) is 14.3. The van der Waals surface area contributed by atoms with Gasteiger partial charge in [-0.05, 0) is 125 Å². The second kappa shape index (κ2) is 9.78. The minimum absolute atomic E-state index is 0.0354. The maximum atomic E-state index is 14.2. The van der Waals surface area contributed by atoms with Gasteiger partial charge < -0.3 is 15.2 Å². The number of fused-ring (bicyclic) bond motifs is 5. The zero-order valence-corrected chi connectivity index (χ0v) is 21.8. The van der Waals surface area contributed by atoms with Gasteiger partial charge in [0, 0.05) is 12.6 Å². The number of hydrogen-bond donors (Lipinski definition) is 2. The van der Waals surface area contributed by atoms with Crippen LogP contribution < -0.4 is 5.32 Å². The Kier molecular flexibility index (Phi) is 7.04. The summed E-state index contributed by atoms with van der Waals surface area (Å²) < 4.78 is 19.8. The molecular weight excluding hydrogens is 441 g/mol. The molecule has 5 heteroatoms. The van der Waals surface area contributed by atoms with Crippen LogP contribution in [0, 0.1) is 46.7 Å². The summed E-state index contributed by atoms with van der Waals surface area (Å²) in [7, 11) is 0. The first-order chi connectivity index (χ1) is 16.8. The molecule has 1 amide bonds. The third-order valence-corrected chi connectivity index (χ3v) is 10.8. The molecule has 9 atom stereocenters. The largest absolute Gasteiger partial charge is 0.387 e. The van der Waals surface area contributed by atoms with Gasteiger partial charge in [-0.15, -0.1) is 0 Å². The molecule has 4 saturated carbocycles. The number of nitrogens with one attached hydrogen (secondary N) is 1. The van der Waals surface area contributed by atoms with Gasteiger partial charge in [0.1, 0.15) is 5.82 Å². The van der Waals surface area contributed by atoms with E-state index in [0.717, 1.165) is 43.4 Å². The molecule has 0 heterocycles. The summed E-state index contributed by atoms with van der Waals surface area (Å²) >= 11 is 0. The smallest absolute Gasteiger partial charge is 0.254 e. The molecule has 0 bridgehead atoms. The molecule has 4 aliphatic carbocycles. The highest BCUT2D eigenvalue weighted by atomic mass is 19.1. The van der Waals surface area contributed by atoms with E-state index in [-0.39, 0.29) is 22.9 Å². The van der Waals surface area contributed by atoms with Crippen LogP contribution in [0.1, 0.15) is 88.9 Å². The fourth-order valence-electron chi connectivity index (χ4n) is 9.28. The van der Waals surface area contributed by atoms with Crippen molar-refractivity contribution in [3.8, 4) is 0 Å². The van der Waals surface area contributed by atoms with Crippen LogP contribution in [0.2, 0.25) is 0 Å². The van der Waals surface area contributed by atoms with E-state index >= 15 is 0 Å². The summed E-state index contributed by atoms with van der Waals surface area (Å²) in [6.07, 6.45) is 10.3. The highest BCUT2D eigenvalue weighted by Gasteiger charge is 2.58. The van der Waals surface area contributed by atoms with Crippen LogP contribution in [-0.4, -0.2) is 35.9 Å². The number of rotatable bonds is 6. The molecule has 1 aromatic rings. The lowest BCUT2D eigenvalue weighted by molar-refractivity contribution is -0.128. The first-order valence-corrected chi connectivity index (χ1v) is 14.1. The first-order valence-electron chi connectivity index (χ1n) is 14.1. The van der Waals surface area contributed by atoms with Gasteiger partial charge in [-0.1, -0.05) is 19.1 Å². The Morgan fingerprint density at radius 1 is 1.11 bits per heavy atom. The van der Waals surface area contributed by atoms with E-state index < -0.39 is 11.4 Å². The molecule has 0 saturated heterocycles. The Labute approximate surface area is 210 Å². The summed E-state index contributed by atoms with van der Waals surface area (Å²) in [6, 6.07) is 6.30. The van der Waals surface area contributed by atoms with E-state index in [1.165, 1.54) is 38.2 Å². The number of carbonyl (C=O) groups is 1. The molecule has 4 aliphatic rings. The van der Waals surface area contributed by atoms with Gasteiger partial charge >= 0.3 is 0 Å². The predicted octanol–water partition coefficient (Wildman–Crippen LogP) is 5.98. The highest BCUT2D eigenvalue weighted by molar-refractivity contribution is 5.94. The fraction of sp³-hybridized carbons (Fsp3) is 0.767. The number of ether oxygens (including phenoxy) is 1. The van der Waals surface area contributed by atoms with Crippen molar-refractivity contribution in [2.24, 2.45) is 40.9 Å². The lowest BCUT2D eigenvalue weighted by atomic mass is 9.48. The number of carbonyl (C=O) groups excluding carboxylic acids is 1. The number of benzene rings is 1. The summed E-state index contributed by atoms with van der Waals surface area (Å²) in [5.74, 6) is 3.34. The van der Waals surface area contributed by atoms with Crippen molar-refractivity contribution >= 4 is 5.91 Å². The average Bonchev–Trinajstić information content (AvgIpc) is 3.20. The standard InChI is InChI=1S/C30H44FNO3/c1-4-35-18-30(34)16-14-21-20(17-30)9-10-23-22(21)13-15-29(3)25(11-12-26(23)29)19(2)32-28(33)24-7-5-6-8-27(24)31/h5-8,19-23,25-26,34H,4,9-18H2,1-3H3,(H,32,33)/t19-,20-,21+,22-,23-,25?,26+,29-,30-/m1/s1. The van der Waals surface area contributed by atoms with E-state index in [4.69, 9.17) is 4.74 Å². The molecule has 35 heavy (non-hydrogen) atoms. The average molecular weight is 486 g/mol. The van der Waals surface area contributed by atoms with Crippen molar-refractivity contribution in [1.29, 1.82) is 0 Å². The Bertz CT molecular complexity index is 923. The van der Waals surface area contributed by atoms with Gasteiger partial charge in [0.15, 0.2) is 0 Å². The van der Waals surface area contributed by atoms with E-state index in [0.29, 0.717) is 31.0 Å². The van der Waals surface area contributed by atoms with Crippen molar-refractivity contribution in [2.75, 3.05) is 13.2 Å². The van der Waals surface area contributed by atoms with Crippen molar-refractivity contribution in [3.63, 3.8) is 0 Å². The van der Waals surface area contributed by atoms with Crippen LogP contribution in [0.5, 0.6) is 0 Å². The Morgan fingerprint density at radius 2 is 1.89 bits per heavy atom. The maximum Gasteiger partial charge on any atom is 0.254 e. The molecule has 1 unspecified atom stereocenters. The maximum absolute atomic E-state index is 14.2. The molecule has 2 N–H and O–H groups in total. The van der Waals surface area contributed by atoms with Crippen molar-refractivity contribution in [1.82, 2.24) is 5.32 Å². The predicted molar refractivity (Wildman–Crippen MR) is 135 cm³/mol. The van der Waals surface area contributed by atoms with Crippen LogP contribution in [0.4, 0.5) is 4.39 Å². The lowest BCUT2D eigenvalue weighted by Crippen LogP contribution is -2.53. The first kappa shape index (κ1) is 25.2. The Hall–Kier alpha value is -1.46. The van der Waals surface area contributed by atoms with Crippen LogP contribution in [-0.2, 0) is 4.74 Å².